The van der Waals surface area contributed by atoms with E-state index < -0.39 is 5.91 Å². The van der Waals surface area contributed by atoms with E-state index in [0.717, 1.165) is 11.1 Å². The lowest BCUT2D eigenvalue weighted by molar-refractivity contribution is 0.100. The van der Waals surface area contributed by atoms with Crippen LogP contribution in [0.15, 0.2) is 54.7 Å². The van der Waals surface area contributed by atoms with E-state index in [1.165, 1.54) is 0 Å². The van der Waals surface area contributed by atoms with E-state index in [1.807, 2.05) is 37.3 Å². The van der Waals surface area contributed by atoms with E-state index >= 15 is 0 Å². The number of rotatable bonds is 3. The lowest BCUT2D eigenvalue weighted by atomic mass is 10.1. The summed E-state index contributed by atoms with van der Waals surface area (Å²) in [5.74, 6) is -0.475. The van der Waals surface area contributed by atoms with Crippen LogP contribution in [0.4, 0.5) is 5.82 Å². The maximum atomic E-state index is 12.0. The van der Waals surface area contributed by atoms with Gasteiger partial charge in [-0.05, 0) is 18.6 Å². The average molecular weight is 359 g/mol. The van der Waals surface area contributed by atoms with Gasteiger partial charge in [0.25, 0.3) is 5.91 Å². The highest BCUT2D eigenvalue weighted by Crippen LogP contribution is 2.33. The molecule has 134 valence electrons. The second-order valence-corrected chi connectivity index (χ2v) is 6.22. The zero-order valence-corrected chi connectivity index (χ0v) is 14.5. The number of phenols is 1. The summed E-state index contributed by atoms with van der Waals surface area (Å²) in [7, 11) is 0. The molecule has 27 heavy (non-hydrogen) atoms. The molecule has 0 saturated heterocycles. The summed E-state index contributed by atoms with van der Waals surface area (Å²) in [5.41, 5.74) is 15.6. The van der Waals surface area contributed by atoms with E-state index in [4.69, 9.17) is 11.5 Å². The van der Waals surface area contributed by atoms with Crippen LogP contribution in [0.1, 0.15) is 15.9 Å². The Kier molecular flexibility index (Phi) is 3.77. The number of benzene rings is 2. The molecule has 7 heteroatoms. The molecule has 0 radical (unpaired) electrons. The topological polar surface area (TPSA) is 120 Å². The number of carbonyl (C=O) groups is 1. The molecule has 1 amide bonds. The molecule has 2 aromatic carbocycles. The summed E-state index contributed by atoms with van der Waals surface area (Å²) in [6.45, 7) is 1.87. The molecule has 4 aromatic rings. The van der Waals surface area contributed by atoms with Crippen LogP contribution in [-0.4, -0.2) is 25.5 Å². The molecule has 0 spiro atoms. The van der Waals surface area contributed by atoms with Gasteiger partial charge in [0.2, 0.25) is 0 Å². The van der Waals surface area contributed by atoms with E-state index in [9.17, 15) is 9.90 Å². The largest absolute Gasteiger partial charge is 0.508 e. The smallest absolute Gasteiger partial charge is 0.254 e. The number of primary amides is 1. The first-order chi connectivity index (χ1) is 13.0. The number of amides is 1. The summed E-state index contributed by atoms with van der Waals surface area (Å²) < 4.78 is 1.60. The molecule has 4 rings (SSSR count). The number of carbonyl (C=O) groups excluding carboxylic acids is 1. The van der Waals surface area contributed by atoms with Crippen LogP contribution in [0.5, 0.6) is 5.75 Å². The van der Waals surface area contributed by atoms with Crippen LogP contribution in [0, 0.1) is 6.92 Å². The van der Waals surface area contributed by atoms with E-state index in [1.54, 1.807) is 29.0 Å². The maximum absolute atomic E-state index is 12.0. The number of hydrogen-bond acceptors (Lipinski definition) is 5. The van der Waals surface area contributed by atoms with Crippen molar-refractivity contribution in [3.8, 4) is 22.7 Å². The van der Waals surface area contributed by atoms with Gasteiger partial charge in [0, 0.05) is 11.6 Å². The fourth-order valence-corrected chi connectivity index (χ4v) is 3.13. The Morgan fingerprint density at radius 2 is 1.89 bits per heavy atom. The van der Waals surface area contributed by atoms with Crippen molar-refractivity contribution in [2.24, 2.45) is 5.73 Å². The van der Waals surface area contributed by atoms with Crippen molar-refractivity contribution in [2.75, 3.05) is 5.73 Å². The van der Waals surface area contributed by atoms with E-state index in [-0.39, 0.29) is 17.1 Å². The minimum Gasteiger partial charge on any atom is -0.508 e. The molecular weight excluding hydrogens is 342 g/mol. The first-order valence-corrected chi connectivity index (χ1v) is 8.29. The summed E-state index contributed by atoms with van der Waals surface area (Å²) in [6, 6.07) is 14.5. The quantitative estimate of drug-likeness (QED) is 0.519. The molecule has 5 N–H and O–H groups in total. The number of nitrogen functional groups attached to an aromatic ring is 1. The second-order valence-electron chi connectivity index (χ2n) is 6.22. The third-order valence-electron chi connectivity index (χ3n) is 4.45. The third kappa shape index (κ3) is 2.65. The first-order valence-electron chi connectivity index (χ1n) is 8.29. The standard InChI is InChI=1S/C20H17N5O2/c1-11-7-8-13(26)9-15(11)25-18(21)16(19(22)27)17-20(25)24-14(10-23-17)12-5-3-2-4-6-12/h2-10,26H,21H2,1H3,(H2,22,27). The monoisotopic (exact) mass is 359 g/mol. The van der Waals surface area contributed by atoms with Crippen LogP contribution < -0.4 is 11.5 Å². The van der Waals surface area contributed by atoms with Crippen LogP contribution in [0.25, 0.3) is 28.1 Å². The summed E-state index contributed by atoms with van der Waals surface area (Å²) in [6.07, 6.45) is 1.59. The van der Waals surface area contributed by atoms with Gasteiger partial charge < -0.3 is 16.6 Å². The number of fused-ring (bicyclic) bond motifs is 1. The molecule has 0 aliphatic heterocycles. The minimum atomic E-state index is -0.684. The number of nitrogens with zero attached hydrogens (tertiary/aromatic N) is 3. The SMILES string of the molecule is Cc1ccc(O)cc1-n1c(N)c(C(N)=O)c2ncc(-c3ccccc3)nc21. The Balaban J connectivity index is 2.09. The molecule has 0 fully saturated rings. The predicted octanol–water partition coefficient (Wildman–Crippen LogP) is 2.78. The summed E-state index contributed by atoms with van der Waals surface area (Å²) >= 11 is 0. The lowest BCUT2D eigenvalue weighted by Crippen LogP contribution is -2.14. The zero-order chi connectivity index (χ0) is 19.1. The molecule has 7 nitrogen and oxygen atoms in total. The van der Waals surface area contributed by atoms with E-state index in [0.29, 0.717) is 22.5 Å². The van der Waals surface area contributed by atoms with Crippen molar-refractivity contribution < 1.29 is 9.90 Å². The normalized spacial score (nSPS) is 11.0. The fraction of sp³-hybridized carbons (Fsp3) is 0.0500. The minimum absolute atomic E-state index is 0.0737. The molecule has 0 aliphatic rings. The maximum Gasteiger partial charge on any atom is 0.254 e. The van der Waals surface area contributed by atoms with Gasteiger partial charge in [0.15, 0.2) is 5.65 Å². The fourth-order valence-electron chi connectivity index (χ4n) is 3.13. The van der Waals surface area contributed by atoms with Crippen LogP contribution in [0.3, 0.4) is 0 Å². The van der Waals surface area contributed by atoms with Crippen LogP contribution in [0.2, 0.25) is 0 Å². The van der Waals surface area contributed by atoms with Gasteiger partial charge in [-0.1, -0.05) is 36.4 Å². The summed E-state index contributed by atoms with van der Waals surface area (Å²) in [4.78, 5) is 21.1. The molecule has 2 aromatic heterocycles. The van der Waals surface area contributed by atoms with Gasteiger partial charge in [0.05, 0.1) is 17.6 Å². The van der Waals surface area contributed by atoms with Crippen molar-refractivity contribution in [3.05, 3.63) is 65.9 Å². The lowest BCUT2D eigenvalue weighted by Gasteiger charge is -2.11. The highest BCUT2D eigenvalue weighted by atomic mass is 16.3. The van der Waals surface area contributed by atoms with Crippen molar-refractivity contribution in [1.82, 2.24) is 14.5 Å². The Bertz CT molecular complexity index is 1180. The highest BCUT2D eigenvalue weighted by Gasteiger charge is 2.24. The molecule has 2 heterocycles. The van der Waals surface area contributed by atoms with Crippen molar-refractivity contribution in [1.29, 1.82) is 0 Å². The highest BCUT2D eigenvalue weighted by molar-refractivity contribution is 6.09. The number of aryl methyl sites for hydroxylation is 1. The molecule has 0 bridgehead atoms. The van der Waals surface area contributed by atoms with Crippen molar-refractivity contribution in [3.63, 3.8) is 0 Å². The zero-order valence-electron chi connectivity index (χ0n) is 14.5. The van der Waals surface area contributed by atoms with Crippen LogP contribution in [-0.2, 0) is 0 Å². The van der Waals surface area contributed by atoms with Gasteiger partial charge in [-0.15, -0.1) is 0 Å². The van der Waals surface area contributed by atoms with Gasteiger partial charge >= 0.3 is 0 Å². The molecule has 0 atom stereocenters. The predicted molar refractivity (Wildman–Crippen MR) is 104 cm³/mol. The number of aromatic nitrogens is 3. The van der Waals surface area contributed by atoms with Crippen molar-refractivity contribution >= 4 is 22.9 Å². The van der Waals surface area contributed by atoms with Gasteiger partial charge in [-0.25, -0.2) is 9.97 Å². The second kappa shape index (κ2) is 6.14. The Hall–Kier alpha value is -3.87. The van der Waals surface area contributed by atoms with Gasteiger partial charge in [-0.3, -0.25) is 9.36 Å². The van der Waals surface area contributed by atoms with Gasteiger partial charge in [0.1, 0.15) is 22.6 Å². The molecule has 0 unspecified atom stereocenters. The Labute approximate surface area is 154 Å². The van der Waals surface area contributed by atoms with Crippen LogP contribution >= 0.6 is 0 Å². The molecule has 0 saturated carbocycles. The number of aromatic hydroxyl groups is 1. The Morgan fingerprint density at radius 1 is 1.15 bits per heavy atom. The molecule has 0 aliphatic carbocycles. The number of hydrogen-bond donors (Lipinski definition) is 3. The van der Waals surface area contributed by atoms with E-state index in [2.05, 4.69) is 9.97 Å². The van der Waals surface area contributed by atoms with Gasteiger partial charge in [-0.2, -0.15) is 0 Å². The summed E-state index contributed by atoms with van der Waals surface area (Å²) in [5, 5.41) is 9.93. The average Bonchev–Trinajstić information content (AvgIpc) is 2.95. The Morgan fingerprint density at radius 3 is 2.59 bits per heavy atom. The van der Waals surface area contributed by atoms with Crippen molar-refractivity contribution in [2.45, 2.75) is 6.92 Å². The third-order valence-corrected chi connectivity index (χ3v) is 4.45. The number of nitrogens with two attached hydrogens (primary N) is 2. The number of phenolic OH excluding ortho intramolecular Hbond substituents is 1. The molecular formula is C20H17N5O2. The number of anilines is 1. The first kappa shape index (κ1) is 16.6.